The van der Waals surface area contributed by atoms with Crippen molar-refractivity contribution in [3.05, 3.63) is 53.6 Å². The molecule has 7 nitrogen and oxygen atoms in total. The van der Waals surface area contributed by atoms with Crippen LogP contribution in [0.5, 0.6) is 11.5 Å². The largest absolute Gasteiger partial charge is 0.497 e. The maximum Gasteiger partial charge on any atom is 0.193 e. The van der Waals surface area contributed by atoms with Crippen LogP contribution in [0, 0.1) is 0 Å². The smallest absolute Gasteiger partial charge is 0.193 e. The summed E-state index contributed by atoms with van der Waals surface area (Å²) >= 11 is 0. The summed E-state index contributed by atoms with van der Waals surface area (Å²) in [4.78, 5) is 9.31. The van der Waals surface area contributed by atoms with Gasteiger partial charge in [0.25, 0.3) is 0 Å². The second-order valence-corrected chi connectivity index (χ2v) is 7.29. The number of rotatable bonds is 7. The molecule has 0 amide bonds. The van der Waals surface area contributed by atoms with E-state index >= 15 is 0 Å². The Balaban J connectivity index is 1.55. The number of nitrogens with one attached hydrogen (secondary N) is 1. The lowest BCUT2D eigenvalue weighted by Gasteiger charge is -2.32. The van der Waals surface area contributed by atoms with Crippen LogP contribution in [0.25, 0.3) is 0 Å². The van der Waals surface area contributed by atoms with Crippen molar-refractivity contribution >= 4 is 11.6 Å². The van der Waals surface area contributed by atoms with E-state index in [9.17, 15) is 0 Å². The van der Waals surface area contributed by atoms with E-state index in [-0.39, 0.29) is 0 Å². The molecular weight excluding hydrogens is 366 g/mol. The molecule has 2 aromatic carbocycles. The highest BCUT2D eigenvalue weighted by molar-refractivity contribution is 5.94. The fourth-order valence-electron chi connectivity index (χ4n) is 3.28. The second kappa shape index (κ2) is 10.1. The molecule has 156 valence electrons. The van der Waals surface area contributed by atoms with Crippen molar-refractivity contribution in [2.24, 2.45) is 10.7 Å². The van der Waals surface area contributed by atoms with Gasteiger partial charge in [-0.1, -0.05) is 24.3 Å². The number of benzene rings is 2. The highest BCUT2D eigenvalue weighted by atomic mass is 16.5. The summed E-state index contributed by atoms with van der Waals surface area (Å²) < 4.78 is 10.6. The number of hydrogen-bond acceptors (Lipinski definition) is 5. The van der Waals surface area contributed by atoms with Crippen molar-refractivity contribution in [2.45, 2.75) is 13.1 Å². The average molecular weight is 398 g/mol. The molecule has 0 aliphatic carbocycles. The van der Waals surface area contributed by atoms with Crippen molar-refractivity contribution in [1.29, 1.82) is 0 Å². The Labute approximate surface area is 173 Å². The van der Waals surface area contributed by atoms with Crippen molar-refractivity contribution in [3.63, 3.8) is 0 Å². The lowest BCUT2D eigenvalue weighted by molar-refractivity contribution is 0.148. The quantitative estimate of drug-likeness (QED) is 0.552. The maximum absolute atomic E-state index is 6.07. The summed E-state index contributed by atoms with van der Waals surface area (Å²) in [5, 5.41) is 3.09. The Kier molecular flexibility index (Phi) is 7.32. The summed E-state index contributed by atoms with van der Waals surface area (Å²) in [6.45, 7) is 6.03. The number of anilines is 1. The number of hydrogen-bond donors (Lipinski definition) is 2. The highest BCUT2D eigenvalue weighted by Crippen LogP contribution is 2.28. The van der Waals surface area contributed by atoms with Gasteiger partial charge in [0.05, 0.1) is 26.5 Å². The number of ether oxygens (including phenoxy) is 2. The van der Waals surface area contributed by atoms with Crippen LogP contribution < -0.4 is 20.5 Å². The SMILES string of the molecule is COc1ccc(OC)c(NC(N)=NCc2ccc(CN3CCN(C)CC3)cc2)c1. The van der Waals surface area contributed by atoms with E-state index in [4.69, 9.17) is 15.2 Å². The average Bonchev–Trinajstić information content (AvgIpc) is 2.75. The van der Waals surface area contributed by atoms with Gasteiger partial charge in [0.1, 0.15) is 11.5 Å². The van der Waals surface area contributed by atoms with Crippen LogP contribution >= 0.6 is 0 Å². The Bertz CT molecular complexity index is 814. The number of methoxy groups -OCH3 is 2. The fraction of sp³-hybridized carbons (Fsp3) is 0.409. The minimum absolute atomic E-state index is 0.332. The van der Waals surface area contributed by atoms with Crippen LogP contribution in [0.1, 0.15) is 11.1 Å². The molecule has 2 aromatic rings. The molecule has 1 aliphatic heterocycles. The Morgan fingerprint density at radius 1 is 1.00 bits per heavy atom. The third kappa shape index (κ3) is 6.10. The molecule has 1 fully saturated rings. The number of likely N-dealkylation sites (N-methyl/N-ethyl adjacent to an activating group) is 1. The van der Waals surface area contributed by atoms with Gasteiger partial charge in [0, 0.05) is 38.8 Å². The molecule has 3 N–H and O–H groups in total. The zero-order valence-corrected chi connectivity index (χ0v) is 17.5. The molecule has 1 aliphatic rings. The second-order valence-electron chi connectivity index (χ2n) is 7.29. The van der Waals surface area contributed by atoms with E-state index in [1.807, 2.05) is 18.2 Å². The van der Waals surface area contributed by atoms with Crippen LogP contribution in [0.2, 0.25) is 0 Å². The molecule has 0 spiro atoms. The lowest BCUT2D eigenvalue weighted by atomic mass is 10.1. The van der Waals surface area contributed by atoms with Crippen LogP contribution in [0.15, 0.2) is 47.5 Å². The molecule has 0 unspecified atom stereocenters. The van der Waals surface area contributed by atoms with E-state index in [2.05, 4.69) is 51.4 Å². The summed E-state index contributed by atoms with van der Waals surface area (Å²) in [5.74, 6) is 1.73. The zero-order chi connectivity index (χ0) is 20.6. The Hall–Kier alpha value is -2.77. The molecule has 7 heteroatoms. The first kappa shape index (κ1) is 21.0. The van der Waals surface area contributed by atoms with E-state index in [0.29, 0.717) is 18.3 Å². The fourth-order valence-corrected chi connectivity index (χ4v) is 3.28. The number of nitrogens with two attached hydrogens (primary N) is 1. The Morgan fingerprint density at radius 3 is 2.34 bits per heavy atom. The summed E-state index contributed by atoms with van der Waals surface area (Å²) in [5.41, 5.74) is 9.23. The van der Waals surface area contributed by atoms with Gasteiger partial charge in [0.15, 0.2) is 5.96 Å². The summed E-state index contributed by atoms with van der Waals surface area (Å²) in [6.07, 6.45) is 0. The van der Waals surface area contributed by atoms with Crippen LogP contribution in [0.4, 0.5) is 5.69 Å². The molecule has 1 saturated heterocycles. The van der Waals surface area contributed by atoms with Gasteiger partial charge in [0.2, 0.25) is 0 Å². The zero-order valence-electron chi connectivity index (χ0n) is 17.5. The predicted octanol–water partition coefficient (Wildman–Crippen LogP) is 2.38. The third-order valence-electron chi connectivity index (χ3n) is 5.13. The number of guanidine groups is 1. The summed E-state index contributed by atoms with van der Waals surface area (Å²) in [7, 11) is 5.41. The Morgan fingerprint density at radius 2 is 1.69 bits per heavy atom. The minimum Gasteiger partial charge on any atom is -0.497 e. The van der Waals surface area contributed by atoms with Gasteiger partial charge < -0.3 is 25.4 Å². The van der Waals surface area contributed by atoms with Gasteiger partial charge in [-0.3, -0.25) is 4.90 Å². The topological polar surface area (TPSA) is 75.3 Å². The van der Waals surface area contributed by atoms with E-state index in [1.165, 1.54) is 5.56 Å². The molecule has 3 rings (SSSR count). The van der Waals surface area contributed by atoms with Crippen molar-refractivity contribution in [2.75, 3.05) is 52.8 Å². The molecule has 0 aromatic heterocycles. The lowest BCUT2D eigenvalue weighted by Crippen LogP contribution is -2.43. The van der Waals surface area contributed by atoms with E-state index in [0.717, 1.165) is 49.7 Å². The first-order chi connectivity index (χ1) is 14.1. The summed E-state index contributed by atoms with van der Waals surface area (Å²) in [6, 6.07) is 14.1. The molecular formula is C22H31N5O2. The number of piperazine rings is 1. The van der Waals surface area contributed by atoms with E-state index < -0.39 is 0 Å². The van der Waals surface area contributed by atoms with Crippen molar-refractivity contribution in [3.8, 4) is 11.5 Å². The first-order valence-electron chi connectivity index (χ1n) is 9.85. The molecule has 0 atom stereocenters. The first-order valence-corrected chi connectivity index (χ1v) is 9.85. The van der Waals surface area contributed by atoms with Crippen molar-refractivity contribution in [1.82, 2.24) is 9.80 Å². The molecule has 0 saturated carbocycles. The van der Waals surface area contributed by atoms with Gasteiger partial charge in [-0.25, -0.2) is 4.99 Å². The maximum atomic E-state index is 6.07. The van der Waals surface area contributed by atoms with Gasteiger partial charge in [-0.15, -0.1) is 0 Å². The molecule has 1 heterocycles. The normalized spacial score (nSPS) is 15.9. The molecule has 29 heavy (non-hydrogen) atoms. The predicted molar refractivity (Wildman–Crippen MR) is 118 cm³/mol. The standard InChI is InChI=1S/C22H31N5O2/c1-26-10-12-27(13-11-26)16-18-6-4-17(5-7-18)15-24-22(23)25-20-14-19(28-2)8-9-21(20)29-3/h4-9,14H,10-13,15-16H2,1-3H3,(H3,23,24,25). The van der Waals surface area contributed by atoms with Crippen LogP contribution in [0.3, 0.4) is 0 Å². The van der Waals surface area contributed by atoms with Crippen LogP contribution in [-0.4, -0.2) is 63.2 Å². The molecule has 0 bridgehead atoms. The van der Waals surface area contributed by atoms with Gasteiger partial charge >= 0.3 is 0 Å². The van der Waals surface area contributed by atoms with E-state index in [1.54, 1.807) is 14.2 Å². The highest BCUT2D eigenvalue weighted by Gasteiger charge is 2.13. The van der Waals surface area contributed by atoms with Gasteiger partial charge in [-0.05, 0) is 30.3 Å². The monoisotopic (exact) mass is 397 g/mol. The number of aliphatic imine (C=N–C) groups is 1. The van der Waals surface area contributed by atoms with Crippen LogP contribution in [-0.2, 0) is 13.1 Å². The molecule has 0 radical (unpaired) electrons. The minimum atomic E-state index is 0.332. The van der Waals surface area contributed by atoms with Crippen molar-refractivity contribution < 1.29 is 9.47 Å². The van der Waals surface area contributed by atoms with Gasteiger partial charge in [-0.2, -0.15) is 0 Å². The number of nitrogens with zero attached hydrogens (tertiary/aromatic N) is 3. The third-order valence-corrected chi connectivity index (χ3v) is 5.13.